The molecule has 3 aromatic rings. The van der Waals surface area contributed by atoms with E-state index in [2.05, 4.69) is 10.5 Å². The van der Waals surface area contributed by atoms with Crippen LogP contribution in [-0.2, 0) is 0 Å². The molecule has 0 saturated heterocycles. The van der Waals surface area contributed by atoms with Gasteiger partial charge in [-0.3, -0.25) is 4.79 Å². The fourth-order valence-electron chi connectivity index (χ4n) is 2.56. The molecule has 0 fully saturated rings. The zero-order valence-corrected chi connectivity index (χ0v) is 16.9. The number of carbonyl (C=O) groups is 2. The van der Waals surface area contributed by atoms with Crippen LogP contribution in [0.4, 0.5) is 0 Å². The maximum Gasteiger partial charge on any atom is 0.343 e. The molecule has 3 aromatic carbocycles. The summed E-state index contributed by atoms with van der Waals surface area (Å²) in [5, 5.41) is 4.29. The summed E-state index contributed by atoms with van der Waals surface area (Å²) in [5.41, 5.74) is 3.84. The molecule has 0 heterocycles. The Bertz CT molecular complexity index is 1070. The molecule has 1 amide bonds. The van der Waals surface area contributed by atoms with Crippen molar-refractivity contribution in [2.24, 2.45) is 5.10 Å². The second kappa shape index (κ2) is 10.2. The Balaban J connectivity index is 1.71. The normalized spacial score (nSPS) is 10.6. The molecular formula is C23H19ClN2O4. The number of hydrogen-bond donors (Lipinski definition) is 1. The lowest BCUT2D eigenvalue weighted by Crippen LogP contribution is -2.17. The summed E-state index contributed by atoms with van der Waals surface area (Å²) in [7, 11) is 0. The Morgan fingerprint density at radius 2 is 1.73 bits per heavy atom. The second-order valence-corrected chi connectivity index (χ2v) is 6.48. The van der Waals surface area contributed by atoms with E-state index in [0.29, 0.717) is 39.8 Å². The van der Waals surface area contributed by atoms with Crippen molar-refractivity contribution in [3.8, 4) is 11.5 Å². The average Bonchev–Trinajstić information content (AvgIpc) is 2.76. The predicted octanol–water partition coefficient (Wildman–Crippen LogP) is 4.72. The van der Waals surface area contributed by atoms with Gasteiger partial charge in [-0.25, -0.2) is 10.2 Å². The standard InChI is InChI=1S/C23H19ClN2O4/c1-2-29-21-14-16(15-25-26-22(27)18-10-6-7-11-19(18)24)12-13-20(21)30-23(28)17-8-4-3-5-9-17/h3-15H,2H2,1H3,(H,26,27). The minimum absolute atomic E-state index is 0.294. The van der Waals surface area contributed by atoms with Gasteiger partial charge >= 0.3 is 5.97 Å². The van der Waals surface area contributed by atoms with Crippen molar-refractivity contribution in [1.29, 1.82) is 0 Å². The van der Waals surface area contributed by atoms with Gasteiger partial charge in [-0.2, -0.15) is 5.10 Å². The third kappa shape index (κ3) is 5.46. The largest absolute Gasteiger partial charge is 0.490 e. The smallest absolute Gasteiger partial charge is 0.343 e. The van der Waals surface area contributed by atoms with Crippen LogP contribution in [0.5, 0.6) is 11.5 Å². The first-order valence-electron chi connectivity index (χ1n) is 9.20. The molecule has 0 unspecified atom stereocenters. The number of hydrazone groups is 1. The molecular weight excluding hydrogens is 404 g/mol. The Hall–Kier alpha value is -3.64. The van der Waals surface area contributed by atoms with Crippen molar-refractivity contribution < 1.29 is 19.1 Å². The van der Waals surface area contributed by atoms with E-state index in [0.717, 1.165) is 0 Å². The Morgan fingerprint density at radius 3 is 2.47 bits per heavy atom. The Kier molecular flexibility index (Phi) is 7.19. The van der Waals surface area contributed by atoms with E-state index in [4.69, 9.17) is 21.1 Å². The van der Waals surface area contributed by atoms with Gasteiger partial charge in [-0.1, -0.05) is 41.9 Å². The molecule has 30 heavy (non-hydrogen) atoms. The first kappa shape index (κ1) is 21.1. The van der Waals surface area contributed by atoms with Crippen LogP contribution in [0.25, 0.3) is 0 Å². The van der Waals surface area contributed by atoms with E-state index in [9.17, 15) is 9.59 Å². The number of nitrogens with one attached hydrogen (secondary N) is 1. The molecule has 0 aliphatic carbocycles. The number of hydrogen-bond acceptors (Lipinski definition) is 5. The van der Waals surface area contributed by atoms with E-state index in [-0.39, 0.29) is 0 Å². The molecule has 0 aliphatic rings. The third-order valence-corrected chi connectivity index (χ3v) is 4.31. The molecule has 1 N–H and O–H groups in total. The van der Waals surface area contributed by atoms with Crippen molar-refractivity contribution in [2.75, 3.05) is 6.61 Å². The molecule has 0 saturated carbocycles. The summed E-state index contributed by atoms with van der Waals surface area (Å²) in [4.78, 5) is 24.4. The zero-order valence-electron chi connectivity index (χ0n) is 16.2. The minimum Gasteiger partial charge on any atom is -0.490 e. The maximum atomic E-state index is 12.3. The average molecular weight is 423 g/mol. The van der Waals surface area contributed by atoms with Gasteiger partial charge in [0, 0.05) is 0 Å². The number of halogens is 1. The summed E-state index contributed by atoms with van der Waals surface area (Å²) in [6, 6.07) is 20.4. The first-order valence-corrected chi connectivity index (χ1v) is 9.58. The minimum atomic E-state index is -0.482. The van der Waals surface area contributed by atoms with Gasteiger partial charge in [0.1, 0.15) is 0 Å². The van der Waals surface area contributed by atoms with E-state index in [1.807, 2.05) is 13.0 Å². The Morgan fingerprint density at radius 1 is 1.00 bits per heavy atom. The lowest BCUT2D eigenvalue weighted by Gasteiger charge is -2.11. The molecule has 0 spiro atoms. The molecule has 7 heteroatoms. The highest BCUT2D eigenvalue weighted by Crippen LogP contribution is 2.29. The monoisotopic (exact) mass is 422 g/mol. The summed E-state index contributed by atoms with van der Waals surface area (Å²) < 4.78 is 11.0. The predicted molar refractivity (Wildman–Crippen MR) is 116 cm³/mol. The lowest BCUT2D eigenvalue weighted by atomic mass is 10.2. The van der Waals surface area contributed by atoms with Crippen LogP contribution in [-0.4, -0.2) is 24.7 Å². The van der Waals surface area contributed by atoms with Gasteiger partial charge in [0.05, 0.1) is 29.0 Å². The van der Waals surface area contributed by atoms with E-state index in [1.165, 1.54) is 6.21 Å². The van der Waals surface area contributed by atoms with Crippen molar-refractivity contribution in [3.63, 3.8) is 0 Å². The molecule has 0 aliphatic heterocycles. The zero-order chi connectivity index (χ0) is 21.3. The summed E-state index contributed by atoms with van der Waals surface area (Å²) >= 11 is 6.00. The van der Waals surface area contributed by atoms with Crippen LogP contribution in [0.3, 0.4) is 0 Å². The van der Waals surface area contributed by atoms with E-state index < -0.39 is 11.9 Å². The SMILES string of the molecule is CCOc1cc(C=NNC(=O)c2ccccc2Cl)ccc1OC(=O)c1ccccc1. The van der Waals surface area contributed by atoms with Crippen LogP contribution >= 0.6 is 11.6 Å². The van der Waals surface area contributed by atoms with Crippen LogP contribution in [0.2, 0.25) is 5.02 Å². The second-order valence-electron chi connectivity index (χ2n) is 6.07. The quantitative estimate of drug-likeness (QED) is 0.258. The third-order valence-electron chi connectivity index (χ3n) is 3.98. The fourth-order valence-corrected chi connectivity index (χ4v) is 2.78. The van der Waals surface area contributed by atoms with Crippen LogP contribution in [0.15, 0.2) is 77.9 Å². The number of benzene rings is 3. The van der Waals surface area contributed by atoms with Gasteiger partial charge in [-0.05, 0) is 55.0 Å². The summed E-state index contributed by atoms with van der Waals surface area (Å²) in [6.07, 6.45) is 1.46. The summed E-state index contributed by atoms with van der Waals surface area (Å²) in [6.45, 7) is 2.22. The highest BCUT2D eigenvalue weighted by Gasteiger charge is 2.13. The molecule has 0 aromatic heterocycles. The van der Waals surface area contributed by atoms with E-state index >= 15 is 0 Å². The topological polar surface area (TPSA) is 77.0 Å². The molecule has 0 radical (unpaired) electrons. The van der Waals surface area contributed by atoms with Crippen LogP contribution < -0.4 is 14.9 Å². The maximum absolute atomic E-state index is 12.3. The molecule has 152 valence electrons. The van der Waals surface area contributed by atoms with Gasteiger partial charge in [0.25, 0.3) is 5.91 Å². The molecule has 0 bridgehead atoms. The summed E-state index contributed by atoms with van der Waals surface area (Å²) in [5.74, 6) is -0.216. The Labute approximate surface area is 179 Å². The van der Waals surface area contributed by atoms with E-state index in [1.54, 1.807) is 66.7 Å². The van der Waals surface area contributed by atoms with Gasteiger partial charge in [0.2, 0.25) is 0 Å². The molecule has 6 nitrogen and oxygen atoms in total. The van der Waals surface area contributed by atoms with Gasteiger partial charge in [0.15, 0.2) is 11.5 Å². The van der Waals surface area contributed by atoms with Crippen molar-refractivity contribution >= 4 is 29.7 Å². The van der Waals surface area contributed by atoms with Crippen molar-refractivity contribution in [3.05, 3.63) is 94.5 Å². The highest BCUT2D eigenvalue weighted by atomic mass is 35.5. The van der Waals surface area contributed by atoms with Gasteiger partial charge in [-0.15, -0.1) is 0 Å². The van der Waals surface area contributed by atoms with Crippen LogP contribution in [0, 0.1) is 0 Å². The number of amides is 1. The lowest BCUT2D eigenvalue weighted by molar-refractivity contribution is 0.0728. The first-order chi connectivity index (χ1) is 14.6. The molecule has 3 rings (SSSR count). The van der Waals surface area contributed by atoms with Crippen molar-refractivity contribution in [2.45, 2.75) is 6.92 Å². The van der Waals surface area contributed by atoms with Crippen LogP contribution in [0.1, 0.15) is 33.2 Å². The fraction of sp³-hybridized carbons (Fsp3) is 0.0870. The number of ether oxygens (including phenoxy) is 2. The van der Waals surface area contributed by atoms with Crippen molar-refractivity contribution in [1.82, 2.24) is 5.43 Å². The number of nitrogens with zero attached hydrogens (tertiary/aromatic N) is 1. The number of esters is 1. The highest BCUT2D eigenvalue weighted by molar-refractivity contribution is 6.33. The number of rotatable bonds is 7. The van der Waals surface area contributed by atoms with Gasteiger partial charge < -0.3 is 9.47 Å². The number of carbonyl (C=O) groups excluding carboxylic acids is 2. The molecule has 0 atom stereocenters.